The first kappa shape index (κ1) is 11.0. The molecule has 2 rings (SSSR count). The molecule has 0 spiro atoms. The predicted octanol–water partition coefficient (Wildman–Crippen LogP) is 0.0513. The maximum atomic E-state index is 11.8. The molecule has 16 heavy (non-hydrogen) atoms. The van der Waals surface area contributed by atoms with E-state index in [1.165, 1.54) is 0 Å². The van der Waals surface area contributed by atoms with Gasteiger partial charge in [0.25, 0.3) is 0 Å². The molecule has 0 bridgehead atoms. The van der Waals surface area contributed by atoms with Crippen LogP contribution in [0, 0.1) is 6.92 Å². The fraction of sp³-hybridized carbons (Fsp3) is 0.455. The zero-order valence-corrected chi connectivity index (χ0v) is 9.10. The van der Waals surface area contributed by atoms with Crippen LogP contribution >= 0.6 is 0 Å². The molecule has 5 nitrogen and oxygen atoms in total. The Bertz CT molecular complexity index is 395. The number of amides is 1. The summed E-state index contributed by atoms with van der Waals surface area (Å²) in [4.78, 5) is 15.8. The van der Waals surface area contributed by atoms with Gasteiger partial charge in [0, 0.05) is 12.7 Å². The zero-order chi connectivity index (χ0) is 11.5. The van der Waals surface area contributed by atoms with Gasteiger partial charge in [-0.2, -0.15) is 0 Å². The summed E-state index contributed by atoms with van der Waals surface area (Å²) in [5, 5.41) is 15.1. The van der Waals surface area contributed by atoms with Gasteiger partial charge in [0.2, 0.25) is 5.91 Å². The Morgan fingerprint density at radius 2 is 2.50 bits per heavy atom. The molecular weight excluding hydrogens is 206 g/mol. The molecule has 1 amide bonds. The SMILES string of the molecule is Cc1ccncc1NC(=O)C1CC(O)CN1. The highest BCUT2D eigenvalue weighted by molar-refractivity contribution is 5.95. The summed E-state index contributed by atoms with van der Waals surface area (Å²) in [5.41, 5.74) is 1.69. The number of aryl methyl sites for hydroxylation is 1. The fourth-order valence-electron chi connectivity index (χ4n) is 1.73. The van der Waals surface area contributed by atoms with E-state index in [0.29, 0.717) is 13.0 Å². The van der Waals surface area contributed by atoms with Crippen LogP contribution in [0.15, 0.2) is 18.5 Å². The number of nitrogens with zero attached hydrogens (tertiary/aromatic N) is 1. The van der Waals surface area contributed by atoms with E-state index in [1.54, 1.807) is 12.4 Å². The van der Waals surface area contributed by atoms with Crippen molar-refractivity contribution in [3.05, 3.63) is 24.0 Å². The predicted molar refractivity (Wildman–Crippen MR) is 60.0 cm³/mol. The number of anilines is 1. The average Bonchev–Trinajstić information content (AvgIpc) is 2.68. The number of rotatable bonds is 2. The second-order valence-electron chi connectivity index (χ2n) is 4.03. The quantitative estimate of drug-likeness (QED) is 0.659. The molecule has 86 valence electrons. The van der Waals surface area contributed by atoms with Gasteiger partial charge in [0.15, 0.2) is 0 Å². The van der Waals surface area contributed by atoms with Crippen molar-refractivity contribution in [3.63, 3.8) is 0 Å². The lowest BCUT2D eigenvalue weighted by Crippen LogP contribution is -2.35. The zero-order valence-electron chi connectivity index (χ0n) is 9.10. The molecule has 0 radical (unpaired) electrons. The van der Waals surface area contributed by atoms with Crippen molar-refractivity contribution in [2.24, 2.45) is 0 Å². The Labute approximate surface area is 93.9 Å². The van der Waals surface area contributed by atoms with Crippen LogP contribution in [0.2, 0.25) is 0 Å². The van der Waals surface area contributed by atoms with E-state index < -0.39 is 6.10 Å². The molecule has 0 saturated carbocycles. The van der Waals surface area contributed by atoms with Gasteiger partial charge >= 0.3 is 0 Å². The van der Waals surface area contributed by atoms with Crippen LogP contribution in [-0.4, -0.2) is 34.7 Å². The van der Waals surface area contributed by atoms with Crippen molar-refractivity contribution in [2.45, 2.75) is 25.5 Å². The van der Waals surface area contributed by atoms with Crippen LogP contribution in [-0.2, 0) is 4.79 Å². The van der Waals surface area contributed by atoms with Crippen molar-refractivity contribution in [3.8, 4) is 0 Å². The molecule has 2 atom stereocenters. The molecule has 1 saturated heterocycles. The molecule has 1 aromatic rings. The summed E-state index contributed by atoms with van der Waals surface area (Å²) in [6, 6.07) is 1.53. The smallest absolute Gasteiger partial charge is 0.241 e. The van der Waals surface area contributed by atoms with Crippen LogP contribution in [0.25, 0.3) is 0 Å². The molecule has 1 aliphatic rings. The first-order valence-corrected chi connectivity index (χ1v) is 5.30. The van der Waals surface area contributed by atoms with Crippen molar-refractivity contribution in [1.29, 1.82) is 0 Å². The van der Waals surface area contributed by atoms with Gasteiger partial charge in [0.1, 0.15) is 0 Å². The number of aliphatic hydroxyl groups excluding tert-OH is 1. The Morgan fingerprint density at radius 3 is 3.12 bits per heavy atom. The standard InChI is InChI=1S/C11H15N3O2/c1-7-2-3-12-6-10(7)14-11(16)9-4-8(15)5-13-9/h2-3,6,8-9,13,15H,4-5H2,1H3,(H,14,16). The van der Waals surface area contributed by atoms with E-state index in [2.05, 4.69) is 15.6 Å². The van der Waals surface area contributed by atoms with Crippen LogP contribution in [0.5, 0.6) is 0 Å². The number of hydrogen-bond donors (Lipinski definition) is 3. The number of aromatic nitrogens is 1. The van der Waals surface area contributed by atoms with Crippen LogP contribution < -0.4 is 10.6 Å². The van der Waals surface area contributed by atoms with Crippen LogP contribution in [0.1, 0.15) is 12.0 Å². The van der Waals surface area contributed by atoms with E-state index in [-0.39, 0.29) is 11.9 Å². The number of pyridine rings is 1. The van der Waals surface area contributed by atoms with E-state index in [4.69, 9.17) is 0 Å². The Hall–Kier alpha value is -1.46. The Kier molecular flexibility index (Phi) is 3.17. The lowest BCUT2D eigenvalue weighted by Gasteiger charge is -2.12. The van der Waals surface area contributed by atoms with Crippen molar-refractivity contribution >= 4 is 11.6 Å². The minimum Gasteiger partial charge on any atom is -0.392 e. The molecule has 0 aliphatic carbocycles. The second-order valence-corrected chi connectivity index (χ2v) is 4.03. The van der Waals surface area contributed by atoms with Crippen molar-refractivity contribution in [2.75, 3.05) is 11.9 Å². The monoisotopic (exact) mass is 221 g/mol. The Balaban J connectivity index is 2.00. The topological polar surface area (TPSA) is 74.2 Å². The summed E-state index contributed by atoms with van der Waals surface area (Å²) >= 11 is 0. The molecule has 2 unspecified atom stereocenters. The normalized spacial score (nSPS) is 24.4. The summed E-state index contributed by atoms with van der Waals surface area (Å²) in [7, 11) is 0. The number of β-amino-alcohol motifs (C(OH)–C–C–N with tert-alkyl or cyclic N) is 1. The van der Waals surface area contributed by atoms with Crippen molar-refractivity contribution < 1.29 is 9.90 Å². The number of hydrogen-bond acceptors (Lipinski definition) is 4. The second kappa shape index (κ2) is 4.59. The number of aliphatic hydroxyl groups is 1. The lowest BCUT2D eigenvalue weighted by atomic mass is 10.2. The molecule has 0 aromatic carbocycles. The third kappa shape index (κ3) is 2.37. The van der Waals surface area contributed by atoms with Crippen LogP contribution in [0.3, 0.4) is 0 Å². The maximum Gasteiger partial charge on any atom is 0.241 e. The van der Waals surface area contributed by atoms with Gasteiger partial charge < -0.3 is 15.7 Å². The summed E-state index contributed by atoms with van der Waals surface area (Å²) in [6.45, 7) is 2.39. The van der Waals surface area contributed by atoms with Gasteiger partial charge in [-0.15, -0.1) is 0 Å². The number of carbonyl (C=O) groups excluding carboxylic acids is 1. The largest absolute Gasteiger partial charge is 0.392 e. The molecular formula is C11H15N3O2. The summed E-state index contributed by atoms with van der Waals surface area (Å²) in [6.07, 6.45) is 3.34. The van der Waals surface area contributed by atoms with Gasteiger partial charge in [0.05, 0.1) is 24.0 Å². The average molecular weight is 221 g/mol. The van der Waals surface area contributed by atoms with Gasteiger partial charge in [-0.1, -0.05) is 0 Å². The maximum absolute atomic E-state index is 11.8. The van der Waals surface area contributed by atoms with E-state index >= 15 is 0 Å². The van der Waals surface area contributed by atoms with E-state index in [9.17, 15) is 9.90 Å². The van der Waals surface area contributed by atoms with Gasteiger partial charge in [-0.25, -0.2) is 0 Å². The van der Waals surface area contributed by atoms with E-state index in [0.717, 1.165) is 11.3 Å². The summed E-state index contributed by atoms with van der Waals surface area (Å²) < 4.78 is 0. The molecule has 1 aliphatic heterocycles. The first-order chi connectivity index (χ1) is 7.66. The van der Waals surface area contributed by atoms with E-state index in [1.807, 2.05) is 13.0 Å². The number of nitrogens with one attached hydrogen (secondary N) is 2. The fourth-order valence-corrected chi connectivity index (χ4v) is 1.73. The molecule has 2 heterocycles. The third-order valence-corrected chi connectivity index (χ3v) is 2.72. The minimum absolute atomic E-state index is 0.118. The van der Waals surface area contributed by atoms with Crippen LogP contribution in [0.4, 0.5) is 5.69 Å². The highest BCUT2D eigenvalue weighted by atomic mass is 16.3. The van der Waals surface area contributed by atoms with Gasteiger partial charge in [-0.3, -0.25) is 9.78 Å². The minimum atomic E-state index is -0.425. The molecule has 1 aromatic heterocycles. The molecule has 1 fully saturated rings. The van der Waals surface area contributed by atoms with Gasteiger partial charge in [-0.05, 0) is 25.0 Å². The highest BCUT2D eigenvalue weighted by Gasteiger charge is 2.28. The highest BCUT2D eigenvalue weighted by Crippen LogP contribution is 2.14. The molecule has 5 heteroatoms. The third-order valence-electron chi connectivity index (χ3n) is 2.72. The van der Waals surface area contributed by atoms with Crippen molar-refractivity contribution in [1.82, 2.24) is 10.3 Å². The Morgan fingerprint density at radius 1 is 1.69 bits per heavy atom. The summed E-state index contributed by atoms with van der Waals surface area (Å²) in [5.74, 6) is -0.118. The molecule has 3 N–H and O–H groups in total. The first-order valence-electron chi connectivity index (χ1n) is 5.30. The lowest BCUT2D eigenvalue weighted by molar-refractivity contribution is -0.117. The number of carbonyl (C=O) groups is 1.